The first kappa shape index (κ1) is 14.8. The second-order valence-electron chi connectivity index (χ2n) is 5.93. The van der Waals surface area contributed by atoms with Crippen LogP contribution in [0.2, 0.25) is 0 Å². The van der Waals surface area contributed by atoms with Gasteiger partial charge in [-0.2, -0.15) is 0 Å². The Morgan fingerprint density at radius 2 is 2.18 bits per heavy atom. The number of aryl methyl sites for hydroxylation is 1. The molecule has 1 aliphatic heterocycles. The van der Waals surface area contributed by atoms with Gasteiger partial charge in [0.25, 0.3) is 0 Å². The van der Waals surface area contributed by atoms with E-state index in [2.05, 4.69) is 21.0 Å². The quantitative estimate of drug-likeness (QED) is 0.920. The Hall–Kier alpha value is -2.17. The lowest BCUT2D eigenvalue weighted by molar-refractivity contribution is -0.132. The number of pyridine rings is 1. The summed E-state index contributed by atoms with van der Waals surface area (Å²) in [5.74, 6) is 1.80. The molecule has 3 heterocycles. The monoisotopic (exact) mass is 298 g/mol. The van der Waals surface area contributed by atoms with Gasteiger partial charge < -0.3 is 9.88 Å². The highest BCUT2D eigenvalue weighted by molar-refractivity contribution is 5.76. The smallest absolute Gasteiger partial charge is 0.223 e. The Bertz CT molecular complexity index is 574. The summed E-state index contributed by atoms with van der Waals surface area (Å²) in [6.07, 6.45) is 11.8. The number of likely N-dealkylation sites (tertiary alicyclic amines) is 1. The summed E-state index contributed by atoms with van der Waals surface area (Å²) >= 11 is 0. The third-order valence-electron chi connectivity index (χ3n) is 4.34. The number of rotatable bonds is 5. The molecule has 116 valence electrons. The summed E-state index contributed by atoms with van der Waals surface area (Å²) in [4.78, 5) is 25.6. The van der Waals surface area contributed by atoms with E-state index in [1.54, 1.807) is 12.4 Å². The molecule has 2 aromatic heterocycles. The lowest BCUT2D eigenvalue weighted by Crippen LogP contribution is -2.39. The Morgan fingerprint density at radius 3 is 2.86 bits per heavy atom. The summed E-state index contributed by atoms with van der Waals surface area (Å²) in [7, 11) is 0. The molecule has 5 heteroatoms. The van der Waals surface area contributed by atoms with Crippen LogP contribution in [0.3, 0.4) is 0 Å². The van der Waals surface area contributed by atoms with Gasteiger partial charge in [-0.1, -0.05) is 6.07 Å². The van der Waals surface area contributed by atoms with Crippen molar-refractivity contribution in [3.63, 3.8) is 0 Å². The minimum Gasteiger partial charge on any atom is -0.349 e. The van der Waals surface area contributed by atoms with E-state index in [1.165, 1.54) is 5.56 Å². The zero-order valence-electron chi connectivity index (χ0n) is 12.7. The average Bonchev–Trinajstić information content (AvgIpc) is 3.08. The maximum Gasteiger partial charge on any atom is 0.223 e. The minimum atomic E-state index is 0.247. The fourth-order valence-electron chi connectivity index (χ4n) is 3.06. The van der Waals surface area contributed by atoms with Crippen molar-refractivity contribution >= 4 is 5.91 Å². The number of carbonyl (C=O) groups is 1. The molecule has 2 aromatic rings. The van der Waals surface area contributed by atoms with Crippen LogP contribution in [0.1, 0.15) is 30.7 Å². The Kier molecular flexibility index (Phi) is 4.83. The molecule has 0 radical (unpaired) electrons. The number of aromatic amines is 1. The van der Waals surface area contributed by atoms with Gasteiger partial charge in [0, 0.05) is 50.7 Å². The fourth-order valence-corrected chi connectivity index (χ4v) is 3.06. The van der Waals surface area contributed by atoms with Crippen molar-refractivity contribution in [1.82, 2.24) is 19.9 Å². The van der Waals surface area contributed by atoms with Crippen LogP contribution in [0.15, 0.2) is 36.9 Å². The predicted molar refractivity (Wildman–Crippen MR) is 84.2 cm³/mol. The van der Waals surface area contributed by atoms with Gasteiger partial charge >= 0.3 is 0 Å². The SMILES string of the molecule is O=C(CCc1ncc[nH]1)N1CCC(Cc2cccnc2)CC1. The van der Waals surface area contributed by atoms with Crippen LogP contribution in [-0.2, 0) is 17.6 Å². The van der Waals surface area contributed by atoms with Gasteiger partial charge in [-0.25, -0.2) is 4.98 Å². The lowest BCUT2D eigenvalue weighted by atomic mass is 9.90. The number of nitrogens with zero attached hydrogens (tertiary/aromatic N) is 3. The molecule has 1 fully saturated rings. The van der Waals surface area contributed by atoms with Crippen molar-refractivity contribution in [2.45, 2.75) is 32.1 Å². The molecule has 0 atom stereocenters. The molecule has 1 amide bonds. The first-order valence-electron chi connectivity index (χ1n) is 7.96. The summed E-state index contributed by atoms with van der Waals surface area (Å²) in [5, 5.41) is 0. The topological polar surface area (TPSA) is 61.9 Å². The van der Waals surface area contributed by atoms with E-state index in [9.17, 15) is 4.79 Å². The number of hydrogen-bond acceptors (Lipinski definition) is 3. The summed E-state index contributed by atoms with van der Waals surface area (Å²) < 4.78 is 0. The molecular weight excluding hydrogens is 276 g/mol. The Labute approximate surface area is 130 Å². The van der Waals surface area contributed by atoms with Crippen LogP contribution in [0.4, 0.5) is 0 Å². The van der Waals surface area contributed by atoms with Gasteiger partial charge in [-0.15, -0.1) is 0 Å². The lowest BCUT2D eigenvalue weighted by Gasteiger charge is -2.32. The van der Waals surface area contributed by atoms with Crippen molar-refractivity contribution < 1.29 is 4.79 Å². The molecule has 1 N–H and O–H groups in total. The zero-order valence-corrected chi connectivity index (χ0v) is 12.7. The molecular formula is C17H22N4O. The standard InChI is InChI=1S/C17H22N4O/c22-17(4-3-16-19-8-9-20-16)21-10-5-14(6-11-21)12-15-2-1-7-18-13-15/h1-2,7-9,13-14H,3-6,10-12H2,(H,19,20). The summed E-state index contributed by atoms with van der Waals surface area (Å²) in [6, 6.07) is 4.12. The van der Waals surface area contributed by atoms with Crippen molar-refractivity contribution in [2.24, 2.45) is 5.92 Å². The van der Waals surface area contributed by atoms with Crippen LogP contribution in [0, 0.1) is 5.92 Å². The molecule has 0 spiro atoms. The molecule has 1 saturated heterocycles. The van der Waals surface area contributed by atoms with Crippen molar-refractivity contribution in [2.75, 3.05) is 13.1 Å². The van der Waals surface area contributed by atoms with E-state index in [1.807, 2.05) is 23.4 Å². The summed E-state index contributed by atoms with van der Waals surface area (Å²) in [6.45, 7) is 1.75. The van der Waals surface area contributed by atoms with Gasteiger partial charge in [0.1, 0.15) is 5.82 Å². The molecule has 0 unspecified atom stereocenters. The molecule has 5 nitrogen and oxygen atoms in total. The van der Waals surface area contributed by atoms with Crippen molar-refractivity contribution in [3.8, 4) is 0 Å². The highest BCUT2D eigenvalue weighted by Crippen LogP contribution is 2.21. The maximum atomic E-state index is 12.2. The van der Waals surface area contributed by atoms with Gasteiger partial charge in [0.05, 0.1) is 0 Å². The van der Waals surface area contributed by atoms with Gasteiger partial charge in [-0.05, 0) is 36.8 Å². The number of aromatic nitrogens is 3. The van der Waals surface area contributed by atoms with E-state index in [0.29, 0.717) is 18.8 Å². The predicted octanol–water partition coefficient (Wildman–Crippen LogP) is 2.22. The number of hydrogen-bond donors (Lipinski definition) is 1. The molecule has 3 rings (SSSR count). The Morgan fingerprint density at radius 1 is 1.32 bits per heavy atom. The number of imidazole rings is 1. The van der Waals surface area contributed by atoms with Crippen LogP contribution >= 0.6 is 0 Å². The molecule has 0 saturated carbocycles. The summed E-state index contributed by atoms with van der Waals surface area (Å²) in [5.41, 5.74) is 1.30. The van der Waals surface area contributed by atoms with E-state index in [-0.39, 0.29) is 5.91 Å². The normalized spacial score (nSPS) is 15.9. The Balaban J connectivity index is 1.42. The van der Waals surface area contributed by atoms with Crippen LogP contribution in [0.25, 0.3) is 0 Å². The van der Waals surface area contributed by atoms with Crippen molar-refractivity contribution in [1.29, 1.82) is 0 Å². The van der Waals surface area contributed by atoms with Crippen LogP contribution in [-0.4, -0.2) is 38.8 Å². The fraction of sp³-hybridized carbons (Fsp3) is 0.471. The van der Waals surface area contributed by atoms with Gasteiger partial charge in [0.2, 0.25) is 5.91 Å². The van der Waals surface area contributed by atoms with Crippen LogP contribution < -0.4 is 0 Å². The van der Waals surface area contributed by atoms with Crippen molar-refractivity contribution in [3.05, 3.63) is 48.3 Å². The molecule has 0 bridgehead atoms. The van der Waals surface area contributed by atoms with Crippen LogP contribution in [0.5, 0.6) is 0 Å². The number of piperidine rings is 1. The number of H-pyrrole nitrogens is 1. The van der Waals surface area contributed by atoms with E-state index < -0.39 is 0 Å². The zero-order chi connectivity index (χ0) is 15.2. The van der Waals surface area contributed by atoms with E-state index >= 15 is 0 Å². The second kappa shape index (κ2) is 7.20. The molecule has 1 aliphatic rings. The third-order valence-corrected chi connectivity index (χ3v) is 4.34. The molecule has 0 aromatic carbocycles. The van der Waals surface area contributed by atoms with Gasteiger partial charge in [-0.3, -0.25) is 9.78 Å². The molecule has 0 aliphatic carbocycles. The molecule has 22 heavy (non-hydrogen) atoms. The van der Waals surface area contributed by atoms with Gasteiger partial charge in [0.15, 0.2) is 0 Å². The first-order chi connectivity index (χ1) is 10.8. The van der Waals surface area contributed by atoms with E-state index in [0.717, 1.165) is 38.2 Å². The average molecular weight is 298 g/mol. The number of carbonyl (C=O) groups excluding carboxylic acids is 1. The largest absolute Gasteiger partial charge is 0.349 e. The second-order valence-corrected chi connectivity index (χ2v) is 5.93. The number of nitrogens with one attached hydrogen (secondary N) is 1. The van der Waals surface area contributed by atoms with E-state index in [4.69, 9.17) is 0 Å². The highest BCUT2D eigenvalue weighted by Gasteiger charge is 2.22. The number of amides is 1. The third kappa shape index (κ3) is 3.93. The highest BCUT2D eigenvalue weighted by atomic mass is 16.2. The maximum absolute atomic E-state index is 12.2. The minimum absolute atomic E-state index is 0.247. The first-order valence-corrected chi connectivity index (χ1v) is 7.96.